The zero-order chi connectivity index (χ0) is 16.7. The van der Waals surface area contributed by atoms with Gasteiger partial charge in [-0.2, -0.15) is 0 Å². The molecule has 2 unspecified atom stereocenters. The summed E-state index contributed by atoms with van der Waals surface area (Å²) in [6, 6.07) is 0. The van der Waals surface area contributed by atoms with Gasteiger partial charge in [0.1, 0.15) is 5.78 Å². The van der Waals surface area contributed by atoms with E-state index in [1.807, 2.05) is 20.8 Å². The quantitative estimate of drug-likeness (QED) is 0.624. The van der Waals surface area contributed by atoms with Gasteiger partial charge in [-0.25, -0.2) is 0 Å². The maximum atomic E-state index is 12.4. The summed E-state index contributed by atoms with van der Waals surface area (Å²) in [4.78, 5) is 24.4. The highest BCUT2D eigenvalue weighted by Crippen LogP contribution is 2.25. The van der Waals surface area contributed by atoms with Crippen molar-refractivity contribution in [2.24, 2.45) is 11.8 Å². The number of carbonyl (C=O) groups excluding carboxylic acids is 2. The van der Waals surface area contributed by atoms with E-state index in [0.29, 0.717) is 12.8 Å². The van der Waals surface area contributed by atoms with Gasteiger partial charge < -0.3 is 0 Å². The van der Waals surface area contributed by atoms with Crippen molar-refractivity contribution < 1.29 is 9.59 Å². The number of hydrogen-bond acceptors (Lipinski definition) is 2. The third-order valence-electron chi connectivity index (χ3n) is 4.53. The van der Waals surface area contributed by atoms with Crippen LogP contribution in [0.2, 0.25) is 0 Å². The van der Waals surface area contributed by atoms with E-state index in [1.54, 1.807) is 6.08 Å². The summed E-state index contributed by atoms with van der Waals surface area (Å²) < 4.78 is 0. The number of Topliss-reactive ketones (excluding diaryl/α,β-unsaturated/α-hetero) is 1. The van der Waals surface area contributed by atoms with Crippen LogP contribution in [0.4, 0.5) is 0 Å². The first kappa shape index (κ1) is 18.6. The molecule has 1 rings (SSSR count). The van der Waals surface area contributed by atoms with Crippen LogP contribution >= 0.6 is 0 Å². The molecule has 2 nitrogen and oxygen atoms in total. The Morgan fingerprint density at radius 1 is 1.14 bits per heavy atom. The molecule has 0 radical (unpaired) electrons. The molecule has 2 heteroatoms. The average Bonchev–Trinajstić information content (AvgIpc) is 2.41. The van der Waals surface area contributed by atoms with Crippen molar-refractivity contribution in [3.8, 4) is 0 Å². The number of ketones is 2. The topological polar surface area (TPSA) is 34.1 Å². The van der Waals surface area contributed by atoms with Gasteiger partial charge >= 0.3 is 0 Å². The molecule has 0 fully saturated rings. The van der Waals surface area contributed by atoms with Crippen molar-refractivity contribution in [3.05, 3.63) is 35.5 Å². The second kappa shape index (κ2) is 8.87. The third-order valence-corrected chi connectivity index (χ3v) is 4.53. The van der Waals surface area contributed by atoms with Gasteiger partial charge in [0.15, 0.2) is 5.78 Å². The number of rotatable bonds is 1. The van der Waals surface area contributed by atoms with Crippen molar-refractivity contribution in [2.45, 2.75) is 66.2 Å². The van der Waals surface area contributed by atoms with Crippen LogP contribution in [0.1, 0.15) is 66.2 Å². The van der Waals surface area contributed by atoms with Crippen molar-refractivity contribution in [2.75, 3.05) is 0 Å². The molecular weight excluding hydrogens is 272 g/mol. The first-order valence-corrected chi connectivity index (χ1v) is 8.33. The van der Waals surface area contributed by atoms with E-state index in [9.17, 15) is 9.59 Å². The minimum absolute atomic E-state index is 0.0722. The fourth-order valence-corrected chi connectivity index (χ4v) is 2.84. The van der Waals surface area contributed by atoms with E-state index in [1.165, 1.54) is 5.57 Å². The first-order valence-electron chi connectivity index (χ1n) is 8.33. The van der Waals surface area contributed by atoms with Crippen molar-refractivity contribution >= 4 is 11.6 Å². The Kier molecular flexibility index (Phi) is 7.50. The van der Waals surface area contributed by atoms with Crippen molar-refractivity contribution in [1.82, 2.24) is 0 Å². The molecule has 0 heterocycles. The number of carbonyl (C=O) groups is 2. The molecule has 0 spiro atoms. The lowest BCUT2D eigenvalue weighted by Gasteiger charge is -2.19. The van der Waals surface area contributed by atoms with Crippen LogP contribution in [-0.2, 0) is 9.59 Å². The zero-order valence-electron chi connectivity index (χ0n) is 14.6. The maximum absolute atomic E-state index is 12.4. The van der Waals surface area contributed by atoms with Gasteiger partial charge in [-0.3, -0.25) is 9.59 Å². The summed E-state index contributed by atoms with van der Waals surface area (Å²) >= 11 is 0. The van der Waals surface area contributed by atoms with Gasteiger partial charge in [0.25, 0.3) is 0 Å². The molecule has 0 aromatic carbocycles. The smallest absolute Gasteiger partial charge is 0.156 e. The molecule has 1 aliphatic carbocycles. The van der Waals surface area contributed by atoms with Crippen LogP contribution in [0, 0.1) is 11.8 Å². The second-order valence-corrected chi connectivity index (χ2v) is 6.90. The lowest BCUT2D eigenvalue weighted by Crippen LogP contribution is -2.19. The van der Waals surface area contributed by atoms with Gasteiger partial charge in [-0.05, 0) is 58.4 Å². The molecule has 1 aliphatic rings. The Morgan fingerprint density at radius 3 is 2.45 bits per heavy atom. The molecule has 0 aliphatic heterocycles. The Labute approximate surface area is 135 Å². The predicted octanol–water partition coefficient (Wildman–Crippen LogP) is 5.20. The standard InChI is InChI=1S/C20H30O2/c1-14(2)18-10-9-15(3)7-6-8-16(4)11-19(21)12-17(5)20(22)13-18/h7,11,17-18H,1,6,8-10,12-13H2,2-5H3/b15-7+,16-11+. The van der Waals surface area contributed by atoms with Crippen LogP contribution in [0.25, 0.3) is 0 Å². The van der Waals surface area contributed by atoms with Crippen molar-refractivity contribution in [1.29, 1.82) is 0 Å². The van der Waals surface area contributed by atoms with Crippen LogP contribution < -0.4 is 0 Å². The third kappa shape index (κ3) is 6.55. The Hall–Kier alpha value is -1.44. The van der Waals surface area contributed by atoms with E-state index in [4.69, 9.17) is 0 Å². The number of hydrogen-bond donors (Lipinski definition) is 0. The predicted molar refractivity (Wildman–Crippen MR) is 92.7 cm³/mol. The van der Waals surface area contributed by atoms with Crippen LogP contribution in [0.15, 0.2) is 35.5 Å². The SMILES string of the molecule is C=C(C)C1CC/C(C)=C/CC/C(C)=C/C(=O)CC(C)C(=O)C1. The van der Waals surface area contributed by atoms with Crippen molar-refractivity contribution in [3.63, 3.8) is 0 Å². The van der Waals surface area contributed by atoms with Crippen LogP contribution in [-0.4, -0.2) is 11.6 Å². The van der Waals surface area contributed by atoms with E-state index >= 15 is 0 Å². The minimum Gasteiger partial charge on any atom is -0.299 e. The molecule has 0 aromatic rings. The number of allylic oxidation sites excluding steroid dienone is 5. The molecule has 2 atom stereocenters. The van der Waals surface area contributed by atoms with Crippen LogP contribution in [0.5, 0.6) is 0 Å². The first-order chi connectivity index (χ1) is 10.3. The highest BCUT2D eigenvalue weighted by molar-refractivity contribution is 5.94. The fourth-order valence-electron chi connectivity index (χ4n) is 2.84. The molecule has 0 amide bonds. The second-order valence-electron chi connectivity index (χ2n) is 6.90. The lowest BCUT2D eigenvalue weighted by atomic mass is 9.85. The molecule has 0 aromatic heterocycles. The zero-order valence-corrected chi connectivity index (χ0v) is 14.6. The van der Waals surface area contributed by atoms with E-state index < -0.39 is 0 Å². The molecule has 0 saturated carbocycles. The average molecular weight is 302 g/mol. The highest BCUT2D eigenvalue weighted by Gasteiger charge is 2.21. The normalized spacial score (nSPS) is 30.7. The fraction of sp³-hybridized carbons (Fsp3) is 0.600. The largest absolute Gasteiger partial charge is 0.299 e. The van der Waals surface area contributed by atoms with Gasteiger partial charge in [-0.15, -0.1) is 0 Å². The monoisotopic (exact) mass is 302 g/mol. The Morgan fingerprint density at radius 2 is 1.82 bits per heavy atom. The summed E-state index contributed by atoms with van der Waals surface area (Å²) in [6.45, 7) is 12.1. The Balaban J connectivity index is 2.92. The summed E-state index contributed by atoms with van der Waals surface area (Å²) in [5, 5.41) is 0. The lowest BCUT2D eigenvalue weighted by molar-refractivity contribution is -0.126. The summed E-state index contributed by atoms with van der Waals surface area (Å²) in [7, 11) is 0. The Bertz CT molecular complexity index is 494. The molecule has 0 N–H and O–H groups in total. The summed E-state index contributed by atoms with van der Waals surface area (Å²) in [5.74, 6) is 0.292. The highest BCUT2D eigenvalue weighted by atomic mass is 16.1. The van der Waals surface area contributed by atoms with Crippen LogP contribution in [0.3, 0.4) is 0 Å². The van der Waals surface area contributed by atoms with E-state index in [-0.39, 0.29) is 23.4 Å². The maximum Gasteiger partial charge on any atom is 0.156 e. The molecule has 0 bridgehead atoms. The summed E-state index contributed by atoms with van der Waals surface area (Å²) in [6.07, 6.45) is 8.69. The molecular formula is C20H30O2. The van der Waals surface area contributed by atoms with Gasteiger partial charge in [-0.1, -0.05) is 36.3 Å². The minimum atomic E-state index is -0.196. The molecule has 0 saturated heterocycles. The van der Waals surface area contributed by atoms with Gasteiger partial charge in [0.05, 0.1) is 0 Å². The van der Waals surface area contributed by atoms with E-state index in [0.717, 1.165) is 36.8 Å². The summed E-state index contributed by atoms with van der Waals surface area (Å²) in [5.41, 5.74) is 3.54. The molecule has 122 valence electrons. The van der Waals surface area contributed by atoms with Gasteiger partial charge in [0.2, 0.25) is 0 Å². The van der Waals surface area contributed by atoms with Gasteiger partial charge in [0, 0.05) is 18.8 Å². The molecule has 22 heavy (non-hydrogen) atoms. The van der Waals surface area contributed by atoms with E-state index in [2.05, 4.69) is 19.6 Å².